The summed E-state index contributed by atoms with van der Waals surface area (Å²) < 4.78 is 0. The van der Waals surface area contributed by atoms with Crippen LogP contribution in [0, 0.1) is 0 Å². The van der Waals surface area contributed by atoms with Crippen LogP contribution < -0.4 is 0 Å². The Kier molecular flexibility index (Phi) is 6.01. The van der Waals surface area contributed by atoms with Crippen LogP contribution in [0.15, 0.2) is 0 Å². The lowest BCUT2D eigenvalue weighted by Gasteiger charge is -2.18. The van der Waals surface area contributed by atoms with Gasteiger partial charge in [-0.1, -0.05) is 38.8 Å². The first kappa shape index (κ1) is 10.9. The summed E-state index contributed by atoms with van der Waals surface area (Å²) in [6.45, 7) is 1.98. The third kappa shape index (κ3) is 3.91. The van der Waals surface area contributed by atoms with E-state index in [2.05, 4.69) is 31.9 Å². The maximum absolute atomic E-state index is 9.32. The van der Waals surface area contributed by atoms with Gasteiger partial charge in [0.15, 0.2) is 0 Å². The van der Waals surface area contributed by atoms with Gasteiger partial charge in [-0.05, 0) is 6.42 Å². The van der Waals surface area contributed by atoms with Crippen molar-refractivity contribution >= 4 is 31.9 Å². The molecule has 0 bridgehead atoms. The molecule has 0 rings (SSSR count). The Bertz CT molecular complexity index is 87.8. The molecule has 4 heteroatoms. The highest BCUT2D eigenvalue weighted by atomic mass is 79.9. The van der Waals surface area contributed by atoms with Crippen LogP contribution in [0.4, 0.5) is 0 Å². The highest BCUT2D eigenvalue weighted by Gasteiger charge is 2.19. The van der Waals surface area contributed by atoms with Crippen molar-refractivity contribution < 1.29 is 10.2 Å². The molecule has 0 spiro atoms. The topological polar surface area (TPSA) is 40.5 Å². The third-order valence-electron chi connectivity index (χ3n) is 1.25. The lowest BCUT2D eigenvalue weighted by Crippen LogP contribution is -2.28. The normalized spacial score (nSPS) is 20.1. The molecule has 0 aromatic carbocycles. The van der Waals surface area contributed by atoms with Crippen molar-refractivity contribution in [1.29, 1.82) is 0 Å². The van der Waals surface area contributed by atoms with Gasteiger partial charge in [0, 0.05) is 16.3 Å². The molecule has 2 nitrogen and oxygen atoms in total. The molecule has 0 saturated carbocycles. The molecule has 0 fully saturated rings. The van der Waals surface area contributed by atoms with Gasteiger partial charge in [-0.15, -0.1) is 0 Å². The lowest BCUT2D eigenvalue weighted by molar-refractivity contribution is 0.161. The minimum absolute atomic E-state index is 0.0214. The Balaban J connectivity index is 3.58. The number of halogens is 2. The first-order chi connectivity index (χ1) is 4.59. The molecule has 0 aromatic rings. The highest BCUT2D eigenvalue weighted by molar-refractivity contribution is 9.10. The molecule has 2 N–H and O–H groups in total. The van der Waals surface area contributed by atoms with E-state index in [1.807, 2.05) is 6.92 Å². The molecule has 0 radical (unpaired) electrons. The van der Waals surface area contributed by atoms with E-state index in [0.29, 0.717) is 6.42 Å². The van der Waals surface area contributed by atoms with Crippen molar-refractivity contribution in [3.05, 3.63) is 0 Å². The van der Waals surface area contributed by atoms with Crippen molar-refractivity contribution in [1.82, 2.24) is 0 Å². The molecule has 0 amide bonds. The second kappa shape index (κ2) is 5.52. The highest BCUT2D eigenvalue weighted by Crippen LogP contribution is 2.17. The van der Waals surface area contributed by atoms with Gasteiger partial charge in [0.2, 0.25) is 0 Å². The van der Waals surface area contributed by atoms with Gasteiger partial charge in [0.05, 0.1) is 6.10 Å². The van der Waals surface area contributed by atoms with Crippen molar-refractivity contribution in [3.63, 3.8) is 0 Å². The van der Waals surface area contributed by atoms with Gasteiger partial charge in [-0.2, -0.15) is 0 Å². The van der Waals surface area contributed by atoms with Crippen LogP contribution in [-0.4, -0.2) is 32.6 Å². The van der Waals surface area contributed by atoms with Crippen LogP contribution in [0.2, 0.25) is 0 Å². The maximum atomic E-state index is 9.32. The summed E-state index contributed by atoms with van der Waals surface area (Å²) in [5.74, 6) is 0. The molecule has 0 aliphatic rings. The number of aliphatic hydroxyl groups is 2. The fourth-order valence-corrected chi connectivity index (χ4v) is 2.02. The summed E-state index contributed by atoms with van der Waals surface area (Å²) in [4.78, 5) is 0.0373. The summed E-state index contributed by atoms with van der Waals surface area (Å²) >= 11 is 6.51. The van der Waals surface area contributed by atoms with E-state index < -0.39 is 6.10 Å². The summed E-state index contributed by atoms with van der Waals surface area (Å²) in [6, 6.07) is 0. The van der Waals surface area contributed by atoms with Crippen molar-refractivity contribution in [2.24, 2.45) is 0 Å². The SMILES string of the molecule is CC(Br)C(O)C(Br)CCO. The summed E-state index contributed by atoms with van der Waals surface area (Å²) in [7, 11) is 0. The quantitative estimate of drug-likeness (QED) is 0.759. The van der Waals surface area contributed by atoms with E-state index in [1.165, 1.54) is 0 Å². The third-order valence-corrected chi connectivity index (χ3v) is 2.79. The van der Waals surface area contributed by atoms with Crippen LogP contribution in [0.1, 0.15) is 13.3 Å². The van der Waals surface area contributed by atoms with E-state index >= 15 is 0 Å². The van der Waals surface area contributed by atoms with Crippen molar-refractivity contribution in [2.75, 3.05) is 6.61 Å². The summed E-state index contributed by atoms with van der Waals surface area (Å²) in [6.07, 6.45) is 0.143. The maximum Gasteiger partial charge on any atom is 0.0788 e. The first-order valence-corrected chi connectivity index (χ1v) is 4.99. The summed E-state index contributed by atoms with van der Waals surface area (Å²) in [5.41, 5.74) is 0. The molecular weight excluding hydrogens is 264 g/mol. The Morgan fingerprint density at radius 3 is 2.20 bits per heavy atom. The zero-order valence-electron chi connectivity index (χ0n) is 5.80. The van der Waals surface area contributed by atoms with Crippen LogP contribution in [0.5, 0.6) is 0 Å². The Hall–Kier alpha value is 0.880. The van der Waals surface area contributed by atoms with Crippen molar-refractivity contribution in [2.45, 2.75) is 29.1 Å². The molecule has 0 aromatic heterocycles. The van der Waals surface area contributed by atoms with E-state index in [1.54, 1.807) is 0 Å². The monoisotopic (exact) mass is 274 g/mol. The minimum atomic E-state index is -0.438. The molecule has 3 atom stereocenters. The van der Waals surface area contributed by atoms with Gasteiger partial charge in [0.1, 0.15) is 0 Å². The number of alkyl halides is 2. The predicted molar refractivity (Wildman–Crippen MR) is 48.8 cm³/mol. The Labute approximate surface area is 77.9 Å². The smallest absolute Gasteiger partial charge is 0.0788 e. The fraction of sp³-hybridized carbons (Fsp3) is 1.00. The second-order valence-corrected chi connectivity index (χ2v) is 4.82. The second-order valence-electron chi connectivity index (χ2n) is 2.20. The van der Waals surface area contributed by atoms with Crippen molar-refractivity contribution in [3.8, 4) is 0 Å². The zero-order valence-corrected chi connectivity index (χ0v) is 8.97. The lowest BCUT2D eigenvalue weighted by atomic mass is 10.1. The Morgan fingerprint density at radius 2 is 1.90 bits per heavy atom. The largest absolute Gasteiger partial charge is 0.396 e. The van der Waals surface area contributed by atoms with Gasteiger partial charge in [-0.3, -0.25) is 0 Å². The first-order valence-electron chi connectivity index (χ1n) is 3.16. The van der Waals surface area contributed by atoms with Gasteiger partial charge in [-0.25, -0.2) is 0 Å². The van der Waals surface area contributed by atoms with E-state index in [9.17, 15) is 5.11 Å². The average Bonchev–Trinajstić information content (AvgIpc) is 1.87. The fourth-order valence-electron chi connectivity index (χ4n) is 0.582. The van der Waals surface area contributed by atoms with Gasteiger partial charge in [0.25, 0.3) is 0 Å². The number of hydrogen-bond donors (Lipinski definition) is 2. The zero-order chi connectivity index (χ0) is 8.15. The average molecular weight is 276 g/mol. The van der Waals surface area contributed by atoms with Gasteiger partial charge < -0.3 is 10.2 Å². The molecule has 10 heavy (non-hydrogen) atoms. The number of hydrogen-bond acceptors (Lipinski definition) is 2. The molecule has 3 unspecified atom stereocenters. The minimum Gasteiger partial charge on any atom is -0.396 e. The molecule has 0 aliphatic carbocycles. The van der Waals surface area contributed by atoms with E-state index in [4.69, 9.17) is 5.11 Å². The molecule has 0 saturated heterocycles. The number of rotatable bonds is 4. The molecular formula is C6H12Br2O2. The van der Waals surface area contributed by atoms with Gasteiger partial charge >= 0.3 is 0 Å². The van der Waals surface area contributed by atoms with Crippen LogP contribution in [0.25, 0.3) is 0 Å². The molecule has 0 heterocycles. The van der Waals surface area contributed by atoms with E-state index in [0.717, 1.165) is 0 Å². The predicted octanol–water partition coefficient (Wildman–Crippen LogP) is 1.28. The van der Waals surface area contributed by atoms with Crippen LogP contribution in [-0.2, 0) is 0 Å². The summed E-state index contributed by atoms with van der Waals surface area (Å²) in [5, 5.41) is 17.8. The Morgan fingerprint density at radius 1 is 1.40 bits per heavy atom. The number of aliphatic hydroxyl groups excluding tert-OH is 2. The van der Waals surface area contributed by atoms with Crippen LogP contribution in [0.3, 0.4) is 0 Å². The molecule has 0 aliphatic heterocycles. The van der Waals surface area contributed by atoms with E-state index in [-0.39, 0.29) is 16.3 Å². The molecule has 62 valence electrons. The standard InChI is InChI=1S/C6H12Br2O2/c1-4(7)6(10)5(8)2-3-9/h4-6,9-10H,2-3H2,1H3. The van der Waals surface area contributed by atoms with Crippen LogP contribution >= 0.6 is 31.9 Å².